The molecule has 1 aliphatic carbocycles. The highest BCUT2D eigenvalue weighted by molar-refractivity contribution is 7.99. The fourth-order valence-corrected chi connectivity index (χ4v) is 7.85. The van der Waals surface area contributed by atoms with Crippen LogP contribution in [0.4, 0.5) is 0 Å². The maximum absolute atomic E-state index is 2.55. The van der Waals surface area contributed by atoms with E-state index in [1.165, 1.54) is 91.4 Å². The molecule has 0 amide bonds. The second-order valence-electron chi connectivity index (χ2n) is 11.1. The summed E-state index contributed by atoms with van der Waals surface area (Å²) in [5.41, 5.74) is 8.72. The van der Waals surface area contributed by atoms with Crippen molar-refractivity contribution in [3.63, 3.8) is 0 Å². The lowest BCUT2D eigenvalue weighted by Crippen LogP contribution is -2.32. The SMILES string of the molecule is Cc1c2c(c(C)c3ccc(CC(C)C)cc13)-c1c3c(cc(C4CCCCC4)cc3cc[n+]1C)S2. The summed E-state index contributed by atoms with van der Waals surface area (Å²) in [6.45, 7) is 9.31. The van der Waals surface area contributed by atoms with Crippen LogP contribution >= 0.6 is 11.8 Å². The molecule has 0 N–H and O–H groups in total. The summed E-state index contributed by atoms with van der Waals surface area (Å²) in [6, 6.07) is 14.6. The Morgan fingerprint density at radius 1 is 0.941 bits per heavy atom. The van der Waals surface area contributed by atoms with Gasteiger partial charge in [-0.25, -0.2) is 4.57 Å². The van der Waals surface area contributed by atoms with Gasteiger partial charge in [0.05, 0.1) is 10.9 Å². The molecule has 2 heteroatoms. The van der Waals surface area contributed by atoms with Crippen LogP contribution in [0.15, 0.2) is 52.4 Å². The predicted octanol–water partition coefficient (Wildman–Crippen LogP) is 8.81. The zero-order valence-corrected chi connectivity index (χ0v) is 22.1. The number of pyridine rings is 1. The van der Waals surface area contributed by atoms with Crippen LogP contribution in [-0.2, 0) is 13.5 Å². The molecule has 1 nitrogen and oxygen atoms in total. The highest BCUT2D eigenvalue weighted by Crippen LogP contribution is 2.52. The Morgan fingerprint density at radius 2 is 1.74 bits per heavy atom. The van der Waals surface area contributed by atoms with E-state index in [2.05, 4.69) is 81.9 Å². The average Bonchev–Trinajstić information content (AvgIpc) is 2.84. The van der Waals surface area contributed by atoms with E-state index in [0.717, 1.165) is 12.3 Å². The van der Waals surface area contributed by atoms with Gasteiger partial charge in [0.25, 0.3) is 0 Å². The third-order valence-electron chi connectivity index (χ3n) is 8.23. The quantitative estimate of drug-likeness (QED) is 0.240. The maximum atomic E-state index is 2.55. The van der Waals surface area contributed by atoms with Crippen molar-refractivity contribution in [3.8, 4) is 11.3 Å². The van der Waals surface area contributed by atoms with Gasteiger partial charge in [0.1, 0.15) is 7.05 Å². The number of nitrogens with zero attached hydrogens (tertiary/aromatic N) is 1. The van der Waals surface area contributed by atoms with Crippen molar-refractivity contribution in [1.82, 2.24) is 0 Å². The van der Waals surface area contributed by atoms with Gasteiger partial charge in [0.15, 0.2) is 6.20 Å². The first-order chi connectivity index (χ1) is 16.4. The molecule has 3 aromatic carbocycles. The topological polar surface area (TPSA) is 3.88 Å². The van der Waals surface area contributed by atoms with Crippen LogP contribution < -0.4 is 4.57 Å². The van der Waals surface area contributed by atoms with E-state index < -0.39 is 0 Å². The number of benzene rings is 3. The average molecular weight is 467 g/mol. The molecule has 0 bridgehead atoms. The van der Waals surface area contributed by atoms with Crippen LogP contribution in [0.25, 0.3) is 32.8 Å². The van der Waals surface area contributed by atoms with Gasteiger partial charge in [0.2, 0.25) is 5.69 Å². The second-order valence-corrected chi connectivity index (χ2v) is 12.2. The van der Waals surface area contributed by atoms with Crippen molar-refractivity contribution < 1.29 is 4.57 Å². The van der Waals surface area contributed by atoms with Gasteiger partial charge in [-0.05, 0) is 89.4 Å². The lowest BCUT2D eigenvalue weighted by atomic mass is 9.83. The first kappa shape index (κ1) is 22.2. The summed E-state index contributed by atoms with van der Waals surface area (Å²) in [6.07, 6.45) is 10.3. The number of aryl methyl sites for hydroxylation is 3. The van der Waals surface area contributed by atoms with Crippen molar-refractivity contribution in [1.29, 1.82) is 0 Å². The monoisotopic (exact) mass is 466 g/mol. The summed E-state index contributed by atoms with van der Waals surface area (Å²) in [7, 11) is 2.22. The van der Waals surface area contributed by atoms with E-state index in [0.29, 0.717) is 5.92 Å². The fourth-order valence-electron chi connectivity index (χ4n) is 6.51. The molecule has 2 heterocycles. The maximum Gasteiger partial charge on any atom is 0.222 e. The Bertz CT molecular complexity index is 1440. The van der Waals surface area contributed by atoms with Crippen LogP contribution in [0.5, 0.6) is 0 Å². The van der Waals surface area contributed by atoms with Crippen molar-refractivity contribution in [3.05, 3.63) is 64.8 Å². The predicted molar refractivity (Wildman–Crippen MR) is 146 cm³/mol. The molecule has 34 heavy (non-hydrogen) atoms. The van der Waals surface area contributed by atoms with E-state index >= 15 is 0 Å². The van der Waals surface area contributed by atoms with Crippen LogP contribution in [0, 0.1) is 19.8 Å². The minimum Gasteiger partial charge on any atom is -0.200 e. The first-order valence-electron chi connectivity index (χ1n) is 13.1. The summed E-state index contributed by atoms with van der Waals surface area (Å²) in [4.78, 5) is 2.92. The third kappa shape index (κ3) is 3.49. The van der Waals surface area contributed by atoms with E-state index in [-0.39, 0.29) is 0 Å². The van der Waals surface area contributed by atoms with Crippen molar-refractivity contribution >= 4 is 33.3 Å². The zero-order chi connectivity index (χ0) is 23.6. The zero-order valence-electron chi connectivity index (χ0n) is 21.3. The van der Waals surface area contributed by atoms with Gasteiger partial charge in [-0.3, -0.25) is 0 Å². The molecule has 1 fully saturated rings. The molecule has 0 radical (unpaired) electrons. The van der Waals surface area contributed by atoms with Crippen molar-refractivity contribution in [2.75, 3.05) is 0 Å². The highest BCUT2D eigenvalue weighted by atomic mass is 32.2. The van der Waals surface area contributed by atoms with Gasteiger partial charge in [-0.1, -0.05) is 69.1 Å². The second kappa shape index (κ2) is 8.41. The number of rotatable bonds is 3. The number of fused-ring (bicyclic) bond motifs is 3. The molecule has 0 unspecified atom stereocenters. The summed E-state index contributed by atoms with van der Waals surface area (Å²) in [5.74, 6) is 1.40. The van der Waals surface area contributed by atoms with Gasteiger partial charge in [0, 0.05) is 15.9 Å². The van der Waals surface area contributed by atoms with Crippen LogP contribution in [0.1, 0.15) is 74.1 Å². The molecule has 2 aliphatic rings. The van der Waals surface area contributed by atoms with E-state index in [1.807, 2.05) is 11.8 Å². The summed E-state index contributed by atoms with van der Waals surface area (Å²) < 4.78 is 2.36. The van der Waals surface area contributed by atoms with Gasteiger partial charge in [-0.15, -0.1) is 0 Å². The van der Waals surface area contributed by atoms with Crippen LogP contribution in [0.2, 0.25) is 0 Å². The lowest BCUT2D eigenvalue weighted by Gasteiger charge is -2.26. The molecule has 0 atom stereocenters. The van der Waals surface area contributed by atoms with E-state index in [1.54, 1.807) is 5.56 Å². The Hall–Kier alpha value is -2.32. The Labute approximate surface area is 208 Å². The van der Waals surface area contributed by atoms with E-state index in [4.69, 9.17) is 0 Å². The standard InChI is InChI=1S/C32H36NS/c1-19(2)15-22-11-12-26-20(3)29-31-30-24(13-14-33(31)5)17-25(23-9-7-6-8-10-23)18-28(30)34-32(29)21(4)27(26)16-22/h11-14,16-19,23H,6-10,15H2,1-5H3/q+1. The minimum absolute atomic E-state index is 0.674. The van der Waals surface area contributed by atoms with Crippen molar-refractivity contribution in [2.45, 2.75) is 81.9 Å². The largest absolute Gasteiger partial charge is 0.222 e. The molecule has 1 aromatic heterocycles. The smallest absolute Gasteiger partial charge is 0.200 e. The molecular weight excluding hydrogens is 430 g/mol. The first-order valence-corrected chi connectivity index (χ1v) is 13.9. The number of hydrogen-bond donors (Lipinski definition) is 0. The molecule has 1 aliphatic heterocycles. The Kier molecular flexibility index (Phi) is 5.48. The third-order valence-corrected chi connectivity index (χ3v) is 9.48. The minimum atomic E-state index is 0.674. The van der Waals surface area contributed by atoms with Gasteiger partial charge >= 0.3 is 0 Å². The van der Waals surface area contributed by atoms with Crippen LogP contribution in [-0.4, -0.2) is 0 Å². The molecule has 0 saturated heterocycles. The molecule has 0 spiro atoms. The summed E-state index contributed by atoms with van der Waals surface area (Å²) >= 11 is 2.02. The molecule has 4 aromatic rings. The normalized spacial score (nSPS) is 15.9. The van der Waals surface area contributed by atoms with Gasteiger partial charge < -0.3 is 0 Å². The molecule has 1 saturated carbocycles. The Balaban J connectivity index is 1.61. The lowest BCUT2D eigenvalue weighted by molar-refractivity contribution is -0.659. The van der Waals surface area contributed by atoms with Gasteiger partial charge in [-0.2, -0.15) is 0 Å². The van der Waals surface area contributed by atoms with Crippen molar-refractivity contribution in [2.24, 2.45) is 13.0 Å². The highest BCUT2D eigenvalue weighted by Gasteiger charge is 2.31. The molecule has 6 rings (SSSR count). The molecule has 174 valence electrons. The van der Waals surface area contributed by atoms with Crippen LogP contribution in [0.3, 0.4) is 0 Å². The molecular formula is C32H36NS+. The summed E-state index contributed by atoms with van der Waals surface area (Å²) in [5, 5.41) is 5.70. The number of hydrogen-bond acceptors (Lipinski definition) is 1. The van der Waals surface area contributed by atoms with E-state index in [9.17, 15) is 0 Å². The number of aromatic nitrogens is 1. The Morgan fingerprint density at radius 3 is 2.50 bits per heavy atom. The fraction of sp³-hybridized carbons (Fsp3) is 0.406.